The number of aromatic nitrogens is 4. The van der Waals surface area contributed by atoms with E-state index in [4.69, 9.17) is 10.1 Å². The fraction of sp³-hybridized carbons (Fsp3) is 0.273. The summed E-state index contributed by atoms with van der Waals surface area (Å²) in [6.07, 6.45) is 0.743. The highest BCUT2D eigenvalue weighted by Crippen LogP contribution is 2.17. The first-order valence-electron chi connectivity index (χ1n) is 5.67. The number of oxime groups is 1. The zero-order valence-electron chi connectivity index (χ0n) is 10.9. The lowest BCUT2D eigenvalue weighted by molar-refractivity contribution is -0.150. The van der Waals surface area contributed by atoms with E-state index in [1.807, 2.05) is 13.0 Å². The lowest BCUT2D eigenvalue weighted by atomic mass is 10.1. The Morgan fingerprint density at radius 3 is 2.90 bits per heavy atom. The molecule has 1 heterocycles. The van der Waals surface area contributed by atoms with Gasteiger partial charge in [0.2, 0.25) is 0 Å². The zero-order chi connectivity index (χ0) is 14.5. The molecule has 0 spiro atoms. The summed E-state index contributed by atoms with van der Waals surface area (Å²) in [7, 11) is 1.51. The predicted octanol–water partition coefficient (Wildman–Crippen LogP) is 0.224. The van der Waals surface area contributed by atoms with E-state index in [2.05, 4.69) is 20.5 Å². The van der Waals surface area contributed by atoms with Crippen LogP contribution in [-0.2, 0) is 23.4 Å². The van der Waals surface area contributed by atoms with Gasteiger partial charge < -0.3 is 9.73 Å². The van der Waals surface area contributed by atoms with Crippen molar-refractivity contribution < 1.29 is 15.0 Å². The summed E-state index contributed by atoms with van der Waals surface area (Å²) in [4.78, 5) is 20.5. The van der Waals surface area contributed by atoms with Gasteiger partial charge in [-0.2, -0.15) is 9.36 Å². The van der Waals surface area contributed by atoms with Gasteiger partial charge in [-0.05, 0) is 29.0 Å². The third kappa shape index (κ3) is 2.67. The number of nitrogens with zero attached hydrogens (tertiary/aromatic N) is 5. The first-order valence-corrected chi connectivity index (χ1v) is 5.67. The quantitative estimate of drug-likeness (QED) is 0.363. The number of benzene rings is 1. The molecule has 0 aliphatic heterocycles. The van der Waals surface area contributed by atoms with Crippen LogP contribution in [0.25, 0.3) is 5.69 Å². The van der Waals surface area contributed by atoms with Crippen molar-refractivity contribution in [2.45, 2.75) is 13.5 Å². The number of aryl methyl sites for hydroxylation is 2. The van der Waals surface area contributed by atoms with Gasteiger partial charge in [0.15, 0.2) is 0 Å². The molecule has 0 aliphatic carbocycles. The normalized spacial score (nSPS) is 10.9. The molecule has 0 saturated carbocycles. The summed E-state index contributed by atoms with van der Waals surface area (Å²) < 4.78 is 2.31. The molecule has 2 rings (SSSR count). The Bertz CT molecular complexity index is 676. The van der Waals surface area contributed by atoms with Crippen LogP contribution in [-0.4, -0.2) is 31.4 Å². The molecule has 9 nitrogen and oxygen atoms in total. The minimum absolute atomic E-state index is 0.0882. The molecule has 0 bridgehead atoms. The van der Waals surface area contributed by atoms with Gasteiger partial charge in [0.25, 0.3) is 6.40 Å². The second-order valence-corrected chi connectivity index (χ2v) is 3.96. The smallest absolute Gasteiger partial charge is 0.368 e. The predicted molar refractivity (Wildman–Crippen MR) is 68.3 cm³/mol. The van der Waals surface area contributed by atoms with Crippen LogP contribution in [0.5, 0.6) is 0 Å². The van der Waals surface area contributed by atoms with E-state index in [9.17, 15) is 4.79 Å². The van der Waals surface area contributed by atoms with Crippen LogP contribution < -0.4 is 5.69 Å². The van der Waals surface area contributed by atoms with Crippen LogP contribution in [0.4, 0.5) is 0 Å². The Morgan fingerprint density at radius 1 is 1.45 bits per heavy atom. The van der Waals surface area contributed by atoms with Crippen LogP contribution in [0.1, 0.15) is 11.1 Å². The molecular formula is C11H13N5O4. The van der Waals surface area contributed by atoms with E-state index in [0.29, 0.717) is 5.69 Å². The maximum absolute atomic E-state index is 11.9. The van der Waals surface area contributed by atoms with Gasteiger partial charge in [-0.15, -0.1) is 0 Å². The molecule has 0 aliphatic rings. The molecule has 0 radical (unpaired) electrons. The van der Waals surface area contributed by atoms with Gasteiger partial charge in [0, 0.05) is 12.6 Å². The van der Waals surface area contributed by atoms with Crippen molar-refractivity contribution in [3.63, 3.8) is 0 Å². The zero-order valence-corrected chi connectivity index (χ0v) is 10.9. The van der Waals surface area contributed by atoms with E-state index in [1.54, 1.807) is 12.1 Å². The SMILES string of the molecule is Cc1cccc(-n2nnn(C)c2=O)c1CON=COO. The number of rotatable bonds is 5. The molecular weight excluding hydrogens is 266 g/mol. The van der Waals surface area contributed by atoms with Gasteiger partial charge >= 0.3 is 5.69 Å². The van der Waals surface area contributed by atoms with Crippen molar-refractivity contribution in [2.75, 3.05) is 0 Å². The fourth-order valence-electron chi connectivity index (χ4n) is 1.69. The second kappa shape index (κ2) is 5.97. The Kier molecular flexibility index (Phi) is 4.11. The summed E-state index contributed by atoms with van der Waals surface area (Å²) in [6, 6.07) is 5.40. The maximum Gasteiger partial charge on any atom is 0.368 e. The molecule has 0 amide bonds. The first-order chi connectivity index (χ1) is 9.65. The topological polar surface area (TPSA) is 104 Å². The van der Waals surface area contributed by atoms with Crippen molar-refractivity contribution in [1.82, 2.24) is 19.8 Å². The Labute approximate surface area is 113 Å². The standard InChI is InChI=1S/C11H13N5O4/c1-8-4-3-5-10(9(8)6-19-12-7-20-18)16-11(17)15(2)13-14-16/h3-5,7,18H,6H2,1-2H3. The summed E-state index contributed by atoms with van der Waals surface area (Å²) in [5.41, 5.74) is 1.83. The highest BCUT2D eigenvalue weighted by Gasteiger charge is 2.13. The molecule has 2 aromatic rings. The van der Waals surface area contributed by atoms with Crippen LogP contribution in [0, 0.1) is 6.92 Å². The summed E-state index contributed by atoms with van der Waals surface area (Å²) in [5.74, 6) is 0. The maximum atomic E-state index is 11.9. The van der Waals surface area contributed by atoms with Crippen LogP contribution in [0.15, 0.2) is 28.1 Å². The Hall–Kier alpha value is -2.68. The van der Waals surface area contributed by atoms with Crippen molar-refractivity contribution in [3.8, 4) is 5.69 Å². The second-order valence-electron chi connectivity index (χ2n) is 3.96. The first kappa shape index (κ1) is 13.7. The number of tetrazole rings is 1. The van der Waals surface area contributed by atoms with E-state index in [1.165, 1.54) is 11.7 Å². The Balaban J connectivity index is 2.38. The van der Waals surface area contributed by atoms with E-state index in [0.717, 1.165) is 22.2 Å². The van der Waals surface area contributed by atoms with Crippen LogP contribution >= 0.6 is 0 Å². The van der Waals surface area contributed by atoms with Gasteiger partial charge in [-0.25, -0.2) is 10.1 Å². The number of hydrogen-bond donors (Lipinski definition) is 1. The van der Waals surface area contributed by atoms with Gasteiger partial charge in [0.05, 0.1) is 5.69 Å². The lowest BCUT2D eigenvalue weighted by Crippen LogP contribution is -2.23. The molecule has 1 aromatic carbocycles. The van der Waals surface area contributed by atoms with Crippen molar-refractivity contribution in [1.29, 1.82) is 0 Å². The average molecular weight is 279 g/mol. The largest absolute Gasteiger partial charge is 0.388 e. The van der Waals surface area contributed by atoms with Gasteiger partial charge in [-0.3, -0.25) is 0 Å². The summed E-state index contributed by atoms with van der Waals surface area (Å²) in [5, 5.41) is 18.9. The third-order valence-electron chi connectivity index (χ3n) is 2.71. The summed E-state index contributed by atoms with van der Waals surface area (Å²) in [6.45, 7) is 1.96. The van der Waals surface area contributed by atoms with Gasteiger partial charge in [0.1, 0.15) is 6.61 Å². The van der Waals surface area contributed by atoms with E-state index in [-0.39, 0.29) is 12.3 Å². The van der Waals surface area contributed by atoms with Crippen LogP contribution in [0.3, 0.4) is 0 Å². The average Bonchev–Trinajstić information content (AvgIpc) is 2.76. The molecule has 0 atom stereocenters. The van der Waals surface area contributed by atoms with Crippen molar-refractivity contribution in [2.24, 2.45) is 12.2 Å². The molecule has 106 valence electrons. The third-order valence-corrected chi connectivity index (χ3v) is 2.71. The van der Waals surface area contributed by atoms with Crippen LogP contribution in [0.2, 0.25) is 0 Å². The monoisotopic (exact) mass is 279 g/mol. The number of hydrogen-bond acceptors (Lipinski definition) is 7. The van der Waals surface area contributed by atoms with Crippen molar-refractivity contribution in [3.05, 3.63) is 39.8 Å². The highest BCUT2D eigenvalue weighted by atomic mass is 17.1. The molecule has 20 heavy (non-hydrogen) atoms. The minimum atomic E-state index is -0.362. The molecule has 9 heteroatoms. The highest BCUT2D eigenvalue weighted by molar-refractivity contribution is 5.45. The molecule has 0 fully saturated rings. The lowest BCUT2D eigenvalue weighted by Gasteiger charge is -2.09. The molecule has 1 N–H and O–H groups in total. The van der Waals surface area contributed by atoms with E-state index >= 15 is 0 Å². The molecule has 0 saturated heterocycles. The fourth-order valence-corrected chi connectivity index (χ4v) is 1.69. The Morgan fingerprint density at radius 2 is 2.25 bits per heavy atom. The van der Waals surface area contributed by atoms with E-state index < -0.39 is 0 Å². The summed E-state index contributed by atoms with van der Waals surface area (Å²) >= 11 is 0. The molecule has 0 unspecified atom stereocenters. The van der Waals surface area contributed by atoms with Crippen molar-refractivity contribution >= 4 is 6.40 Å². The minimum Gasteiger partial charge on any atom is -0.388 e. The molecule has 1 aromatic heterocycles. The van der Waals surface area contributed by atoms with Gasteiger partial charge in [-0.1, -0.05) is 17.3 Å².